The van der Waals surface area contributed by atoms with Crippen LogP contribution in [-0.2, 0) is 4.57 Å². The Morgan fingerprint density at radius 3 is 2.34 bits per heavy atom. The maximum absolute atomic E-state index is 13.4. The van der Waals surface area contributed by atoms with Crippen LogP contribution in [0.15, 0.2) is 71.7 Å². The number of aromatic nitrogens is 3. The van der Waals surface area contributed by atoms with Gasteiger partial charge in [0.25, 0.3) is 11.2 Å². The maximum atomic E-state index is 13.4. The summed E-state index contributed by atoms with van der Waals surface area (Å²) in [6, 6.07) is 15.2. The molecule has 0 unspecified atom stereocenters. The lowest BCUT2D eigenvalue weighted by atomic mass is 10.1. The fraction of sp³-hybridized carbons (Fsp3) is 0. The van der Waals surface area contributed by atoms with Gasteiger partial charge in [0.2, 0.25) is 0 Å². The first kappa shape index (κ1) is 19.9. The number of imidazole rings is 1. The van der Waals surface area contributed by atoms with Crippen LogP contribution in [0.3, 0.4) is 0 Å². The van der Waals surface area contributed by atoms with Crippen LogP contribution >= 0.6 is 7.82 Å². The van der Waals surface area contributed by atoms with Gasteiger partial charge in [-0.1, -0.05) is 18.2 Å². The average Bonchev–Trinajstić information content (AvgIpc) is 3.12. The SMILES string of the molecule is O=c1c2ccccc2c2nc3ccc(OP(=O)(O)O)cn3c2n1-c1ccc([N+](=O)[O-])cc1. The minimum atomic E-state index is -4.81. The molecule has 2 N–H and O–H groups in total. The van der Waals surface area contributed by atoms with E-state index in [0.717, 1.165) is 0 Å². The zero-order valence-electron chi connectivity index (χ0n) is 16.0. The molecule has 0 bridgehead atoms. The molecule has 160 valence electrons. The van der Waals surface area contributed by atoms with E-state index in [-0.39, 0.29) is 17.0 Å². The normalized spacial score (nSPS) is 11.9. The Morgan fingerprint density at radius 2 is 1.69 bits per heavy atom. The van der Waals surface area contributed by atoms with Crippen LogP contribution < -0.4 is 10.1 Å². The van der Waals surface area contributed by atoms with E-state index >= 15 is 0 Å². The fourth-order valence-electron chi connectivity index (χ4n) is 3.65. The lowest BCUT2D eigenvalue weighted by molar-refractivity contribution is -0.384. The first-order valence-corrected chi connectivity index (χ1v) is 10.7. The van der Waals surface area contributed by atoms with Crippen LogP contribution in [0, 0.1) is 10.1 Å². The number of phosphoric acid groups is 1. The molecule has 0 radical (unpaired) electrons. The molecule has 12 heteroatoms. The average molecular weight is 452 g/mol. The Kier molecular flexibility index (Phi) is 4.34. The van der Waals surface area contributed by atoms with E-state index in [1.165, 1.54) is 51.6 Å². The van der Waals surface area contributed by atoms with Crippen molar-refractivity contribution in [2.24, 2.45) is 0 Å². The van der Waals surface area contributed by atoms with Gasteiger partial charge in [-0.3, -0.25) is 33.7 Å². The highest BCUT2D eigenvalue weighted by Gasteiger charge is 2.20. The van der Waals surface area contributed by atoms with Crippen molar-refractivity contribution < 1.29 is 23.8 Å². The molecule has 0 atom stereocenters. The van der Waals surface area contributed by atoms with Gasteiger partial charge in [-0.15, -0.1) is 0 Å². The van der Waals surface area contributed by atoms with E-state index in [9.17, 15) is 19.5 Å². The number of hydrogen-bond acceptors (Lipinski definition) is 6. The molecular formula is C20H13N4O7P. The molecule has 3 aromatic heterocycles. The molecule has 0 aliphatic rings. The van der Waals surface area contributed by atoms with Crippen LogP contribution in [0.5, 0.6) is 5.75 Å². The lowest BCUT2D eigenvalue weighted by Crippen LogP contribution is -2.20. The molecule has 0 spiro atoms. The number of hydrogen-bond donors (Lipinski definition) is 2. The molecule has 0 saturated carbocycles. The third-order valence-electron chi connectivity index (χ3n) is 4.94. The van der Waals surface area contributed by atoms with Gasteiger partial charge in [-0.25, -0.2) is 9.55 Å². The highest BCUT2D eigenvalue weighted by molar-refractivity contribution is 7.46. The van der Waals surface area contributed by atoms with Crippen molar-refractivity contribution in [3.63, 3.8) is 0 Å². The first-order valence-electron chi connectivity index (χ1n) is 9.18. The topological polar surface area (TPSA) is 149 Å². The van der Waals surface area contributed by atoms with Crippen molar-refractivity contribution in [1.29, 1.82) is 0 Å². The molecule has 2 aromatic carbocycles. The van der Waals surface area contributed by atoms with Crippen LogP contribution in [0.2, 0.25) is 0 Å². The molecule has 32 heavy (non-hydrogen) atoms. The Morgan fingerprint density at radius 1 is 1.00 bits per heavy atom. The quantitative estimate of drug-likeness (QED) is 0.240. The van der Waals surface area contributed by atoms with Crippen molar-refractivity contribution in [2.45, 2.75) is 0 Å². The van der Waals surface area contributed by atoms with E-state index in [1.807, 2.05) is 0 Å². The number of non-ortho nitro benzene ring substituents is 1. The van der Waals surface area contributed by atoms with Gasteiger partial charge in [0, 0.05) is 22.9 Å². The molecule has 5 rings (SSSR count). The monoisotopic (exact) mass is 452 g/mol. The zero-order valence-corrected chi connectivity index (χ0v) is 16.9. The molecular weight excluding hydrogens is 439 g/mol. The van der Waals surface area contributed by atoms with Gasteiger partial charge in [0.1, 0.15) is 16.9 Å². The van der Waals surface area contributed by atoms with Crippen molar-refractivity contribution >= 4 is 41.1 Å². The highest BCUT2D eigenvalue weighted by atomic mass is 31.2. The van der Waals surface area contributed by atoms with Crippen molar-refractivity contribution in [3.05, 3.63) is 87.3 Å². The molecule has 0 fully saturated rings. The number of fused-ring (bicyclic) bond motifs is 5. The number of benzene rings is 2. The van der Waals surface area contributed by atoms with E-state index in [0.29, 0.717) is 33.3 Å². The van der Waals surface area contributed by atoms with Gasteiger partial charge in [0.15, 0.2) is 5.65 Å². The third-order valence-corrected chi connectivity index (χ3v) is 5.39. The smallest absolute Gasteiger partial charge is 0.403 e. The predicted molar refractivity (Wildman–Crippen MR) is 115 cm³/mol. The second-order valence-electron chi connectivity index (χ2n) is 6.92. The zero-order chi connectivity index (χ0) is 22.6. The number of rotatable bonds is 4. The largest absolute Gasteiger partial charge is 0.524 e. The summed E-state index contributed by atoms with van der Waals surface area (Å²) in [5.41, 5.74) is 1.03. The Hall–Kier alpha value is -4.05. The standard InChI is InChI=1S/C20H13N4O7P/c25-20-16-4-2-1-3-15(16)18-19(23(20)12-5-7-13(8-6-12)24(26)27)22-11-14(31-32(28,29)30)9-10-17(22)21-18/h1-11H,(H2,28,29,30). The Bertz CT molecular complexity index is 1650. The highest BCUT2D eigenvalue weighted by Crippen LogP contribution is 2.38. The molecule has 0 amide bonds. The first-order chi connectivity index (χ1) is 15.2. The van der Waals surface area contributed by atoms with E-state index < -0.39 is 12.7 Å². The number of nitrogens with zero attached hydrogens (tertiary/aromatic N) is 4. The van der Waals surface area contributed by atoms with E-state index in [2.05, 4.69) is 9.51 Å². The van der Waals surface area contributed by atoms with Gasteiger partial charge in [-0.05, 0) is 30.3 Å². The maximum Gasteiger partial charge on any atom is 0.524 e. The Labute approximate surface area is 178 Å². The summed E-state index contributed by atoms with van der Waals surface area (Å²) in [6.07, 6.45) is 1.32. The minimum absolute atomic E-state index is 0.124. The fourth-order valence-corrected chi connectivity index (χ4v) is 4.04. The molecule has 3 heterocycles. The molecule has 5 aromatic rings. The van der Waals surface area contributed by atoms with Crippen molar-refractivity contribution in [2.75, 3.05) is 0 Å². The second-order valence-corrected chi connectivity index (χ2v) is 8.08. The Balaban J connectivity index is 1.91. The number of phosphoric ester groups is 1. The lowest BCUT2D eigenvalue weighted by Gasteiger charge is -2.12. The molecule has 0 aliphatic heterocycles. The molecule has 0 saturated heterocycles. The summed E-state index contributed by atoms with van der Waals surface area (Å²) in [7, 11) is -4.81. The summed E-state index contributed by atoms with van der Waals surface area (Å²) in [4.78, 5) is 46.8. The summed E-state index contributed by atoms with van der Waals surface area (Å²) < 4.78 is 18.8. The van der Waals surface area contributed by atoms with Crippen molar-refractivity contribution in [1.82, 2.24) is 14.0 Å². The van der Waals surface area contributed by atoms with Crippen molar-refractivity contribution in [3.8, 4) is 11.4 Å². The van der Waals surface area contributed by atoms with Gasteiger partial charge < -0.3 is 4.52 Å². The summed E-state index contributed by atoms with van der Waals surface area (Å²) >= 11 is 0. The van der Waals surface area contributed by atoms with Gasteiger partial charge in [-0.2, -0.15) is 0 Å². The van der Waals surface area contributed by atoms with Gasteiger partial charge in [0.05, 0.1) is 16.8 Å². The van der Waals surface area contributed by atoms with Crippen LogP contribution in [-0.4, -0.2) is 28.7 Å². The molecule has 11 nitrogen and oxygen atoms in total. The predicted octanol–water partition coefficient (Wildman–Crippen LogP) is 3.17. The van der Waals surface area contributed by atoms with E-state index in [4.69, 9.17) is 9.79 Å². The van der Waals surface area contributed by atoms with E-state index in [1.54, 1.807) is 24.3 Å². The van der Waals surface area contributed by atoms with Crippen LogP contribution in [0.25, 0.3) is 33.3 Å². The minimum Gasteiger partial charge on any atom is -0.403 e. The summed E-state index contributed by atoms with van der Waals surface area (Å²) in [5.74, 6) is -0.124. The second kappa shape index (κ2) is 6.99. The van der Waals surface area contributed by atoms with Crippen LogP contribution in [0.4, 0.5) is 5.69 Å². The molecule has 0 aliphatic carbocycles. The summed E-state index contributed by atoms with van der Waals surface area (Å²) in [5, 5.41) is 12.0. The third kappa shape index (κ3) is 3.21. The number of nitro benzene ring substituents is 1. The number of pyridine rings is 2. The summed E-state index contributed by atoms with van der Waals surface area (Å²) in [6.45, 7) is 0. The van der Waals surface area contributed by atoms with Crippen LogP contribution in [0.1, 0.15) is 0 Å². The number of nitro groups is 1. The van der Waals surface area contributed by atoms with Gasteiger partial charge >= 0.3 is 7.82 Å².